The first-order valence-electron chi connectivity index (χ1n) is 6.84. The van der Waals surface area contributed by atoms with Crippen molar-refractivity contribution in [1.29, 1.82) is 0 Å². The number of carboxylic acid groups (broad SMARTS) is 1. The maximum Gasteiger partial charge on any atom is 0.0666 e. The van der Waals surface area contributed by atoms with Gasteiger partial charge in [-0.05, 0) is 74.2 Å². The second-order valence-electron chi connectivity index (χ2n) is 6.36. The number of carboxylic acids is 1. The lowest BCUT2D eigenvalue weighted by molar-refractivity contribution is -0.299. The molecule has 0 aromatic carbocycles. The highest BCUT2D eigenvalue weighted by Crippen LogP contribution is 2.56. The summed E-state index contributed by atoms with van der Waals surface area (Å²) in [5.74, 6) is 4.51. The molecule has 0 unspecified atom stereocenters. The fourth-order valence-corrected chi connectivity index (χ4v) is 4.20. The standard InChI is InChI=1S/C11H18.C4H6O2/c1-7-10-3-8-2-9(5-10)6-11(7)4-8;1-3(2)4(5)6/h7-11H,2-6H2,1H3;1H2,2H3,(H,5,6)/p-1. The van der Waals surface area contributed by atoms with Crippen LogP contribution in [0.5, 0.6) is 0 Å². The van der Waals surface area contributed by atoms with Crippen LogP contribution in [-0.4, -0.2) is 5.97 Å². The summed E-state index contributed by atoms with van der Waals surface area (Å²) in [6, 6.07) is 0. The van der Waals surface area contributed by atoms with Crippen molar-refractivity contribution in [2.24, 2.45) is 29.6 Å². The van der Waals surface area contributed by atoms with E-state index >= 15 is 0 Å². The van der Waals surface area contributed by atoms with Gasteiger partial charge in [0.05, 0.1) is 5.97 Å². The van der Waals surface area contributed by atoms with Crippen molar-refractivity contribution < 1.29 is 9.90 Å². The molecule has 0 amide bonds. The molecule has 96 valence electrons. The third-order valence-electron chi connectivity index (χ3n) is 5.05. The number of hydrogen-bond acceptors (Lipinski definition) is 2. The molecule has 4 aliphatic carbocycles. The van der Waals surface area contributed by atoms with Gasteiger partial charge in [-0.1, -0.05) is 13.5 Å². The van der Waals surface area contributed by atoms with Gasteiger partial charge in [0.1, 0.15) is 0 Å². The molecule has 4 saturated carbocycles. The number of carbonyl (C=O) groups excluding carboxylic acids is 1. The molecule has 0 heterocycles. The monoisotopic (exact) mass is 235 g/mol. The van der Waals surface area contributed by atoms with Crippen molar-refractivity contribution in [1.82, 2.24) is 0 Å². The zero-order valence-electron chi connectivity index (χ0n) is 10.9. The van der Waals surface area contributed by atoms with Gasteiger partial charge < -0.3 is 9.90 Å². The normalized spacial score (nSPS) is 41.6. The number of rotatable bonds is 1. The highest BCUT2D eigenvalue weighted by Gasteiger charge is 2.45. The minimum atomic E-state index is -1.19. The number of carbonyl (C=O) groups is 1. The molecule has 0 radical (unpaired) electrons. The SMILES string of the molecule is C=C(C)C(=O)[O-].CC1C2CC3CC(C2)CC1C3. The van der Waals surface area contributed by atoms with Crippen LogP contribution in [-0.2, 0) is 4.79 Å². The molecule has 4 rings (SSSR count). The van der Waals surface area contributed by atoms with Crippen molar-refractivity contribution >= 4 is 5.97 Å². The lowest BCUT2D eigenvalue weighted by Gasteiger charge is -2.53. The van der Waals surface area contributed by atoms with Crippen LogP contribution in [0.1, 0.15) is 46.0 Å². The van der Waals surface area contributed by atoms with E-state index in [0.29, 0.717) is 0 Å². The Morgan fingerprint density at radius 2 is 1.41 bits per heavy atom. The molecule has 0 spiro atoms. The van der Waals surface area contributed by atoms with Gasteiger partial charge in [-0.2, -0.15) is 0 Å². The van der Waals surface area contributed by atoms with Crippen molar-refractivity contribution in [3.63, 3.8) is 0 Å². The van der Waals surface area contributed by atoms with Crippen LogP contribution in [0.15, 0.2) is 12.2 Å². The molecule has 0 aromatic rings. The zero-order valence-corrected chi connectivity index (χ0v) is 10.9. The smallest absolute Gasteiger partial charge is 0.0666 e. The maximum atomic E-state index is 9.49. The largest absolute Gasteiger partial charge is 0.545 e. The van der Waals surface area contributed by atoms with Crippen LogP contribution in [0.2, 0.25) is 0 Å². The fraction of sp³-hybridized carbons (Fsp3) is 0.800. The van der Waals surface area contributed by atoms with Gasteiger partial charge in [0.25, 0.3) is 0 Å². The van der Waals surface area contributed by atoms with E-state index in [0.717, 1.165) is 29.6 Å². The predicted octanol–water partition coefficient (Wildman–Crippen LogP) is 2.39. The van der Waals surface area contributed by atoms with Crippen LogP contribution < -0.4 is 5.11 Å². The number of hydrogen-bond donors (Lipinski definition) is 0. The summed E-state index contributed by atoms with van der Waals surface area (Å²) in [7, 11) is 0. The van der Waals surface area contributed by atoms with Crippen LogP contribution in [0.3, 0.4) is 0 Å². The van der Waals surface area contributed by atoms with E-state index in [9.17, 15) is 9.90 Å². The van der Waals surface area contributed by atoms with E-state index in [2.05, 4.69) is 13.5 Å². The van der Waals surface area contributed by atoms with Crippen molar-refractivity contribution in [2.45, 2.75) is 46.0 Å². The molecule has 4 aliphatic rings. The van der Waals surface area contributed by atoms with Gasteiger partial charge in [0.15, 0.2) is 0 Å². The Morgan fingerprint density at radius 1 is 1.06 bits per heavy atom. The summed E-state index contributed by atoms with van der Waals surface area (Å²) in [5, 5.41) is 9.49. The van der Waals surface area contributed by atoms with Gasteiger partial charge in [-0.15, -0.1) is 0 Å². The molecular formula is C15H23O2-. The highest BCUT2D eigenvalue weighted by atomic mass is 16.4. The van der Waals surface area contributed by atoms with Gasteiger partial charge in [-0.25, -0.2) is 0 Å². The average molecular weight is 235 g/mol. The minimum absolute atomic E-state index is 0.0648. The predicted molar refractivity (Wildman–Crippen MR) is 66.0 cm³/mol. The summed E-state index contributed by atoms with van der Waals surface area (Å²) in [5.41, 5.74) is 0.0648. The second kappa shape index (κ2) is 4.83. The van der Waals surface area contributed by atoms with Crippen LogP contribution in [0, 0.1) is 29.6 Å². The summed E-state index contributed by atoms with van der Waals surface area (Å²) in [6.07, 6.45) is 7.96. The third kappa shape index (κ3) is 2.72. The molecule has 0 atom stereocenters. The van der Waals surface area contributed by atoms with E-state index in [-0.39, 0.29) is 5.57 Å². The molecule has 4 bridgehead atoms. The van der Waals surface area contributed by atoms with Crippen LogP contribution in [0.25, 0.3) is 0 Å². The summed E-state index contributed by atoms with van der Waals surface area (Å²) < 4.78 is 0. The fourth-order valence-electron chi connectivity index (χ4n) is 4.20. The first kappa shape index (κ1) is 12.7. The number of aliphatic carboxylic acids is 1. The van der Waals surface area contributed by atoms with Gasteiger partial charge >= 0.3 is 0 Å². The van der Waals surface area contributed by atoms with E-state index < -0.39 is 5.97 Å². The van der Waals surface area contributed by atoms with E-state index in [1.165, 1.54) is 6.92 Å². The summed E-state index contributed by atoms with van der Waals surface area (Å²) in [4.78, 5) is 9.49. The lowest BCUT2D eigenvalue weighted by Crippen LogP contribution is -2.43. The quantitative estimate of drug-likeness (QED) is 0.655. The van der Waals surface area contributed by atoms with Crippen molar-refractivity contribution in [2.75, 3.05) is 0 Å². The molecule has 0 saturated heterocycles. The zero-order chi connectivity index (χ0) is 12.6. The molecule has 0 N–H and O–H groups in total. The Balaban J connectivity index is 0.000000157. The Kier molecular flexibility index (Phi) is 3.60. The molecule has 0 aliphatic heterocycles. The summed E-state index contributed by atoms with van der Waals surface area (Å²) in [6.45, 7) is 6.98. The van der Waals surface area contributed by atoms with E-state index in [4.69, 9.17) is 0 Å². The molecule has 2 nitrogen and oxygen atoms in total. The first-order chi connectivity index (χ1) is 7.97. The van der Waals surface area contributed by atoms with Crippen molar-refractivity contribution in [3.05, 3.63) is 12.2 Å². The molecular weight excluding hydrogens is 212 g/mol. The Bertz CT molecular complexity index is 279. The second-order valence-corrected chi connectivity index (χ2v) is 6.36. The Hall–Kier alpha value is -0.790. The van der Waals surface area contributed by atoms with Crippen molar-refractivity contribution in [3.8, 4) is 0 Å². The molecule has 4 fully saturated rings. The maximum absolute atomic E-state index is 9.49. The third-order valence-corrected chi connectivity index (χ3v) is 5.05. The van der Waals surface area contributed by atoms with E-state index in [1.54, 1.807) is 32.1 Å². The first-order valence-corrected chi connectivity index (χ1v) is 6.84. The molecule has 2 heteroatoms. The summed E-state index contributed by atoms with van der Waals surface area (Å²) >= 11 is 0. The average Bonchev–Trinajstić information content (AvgIpc) is 2.25. The molecule has 17 heavy (non-hydrogen) atoms. The van der Waals surface area contributed by atoms with Gasteiger partial charge in [0, 0.05) is 0 Å². The Labute approximate surface area is 104 Å². The Morgan fingerprint density at radius 3 is 1.71 bits per heavy atom. The van der Waals surface area contributed by atoms with Crippen LogP contribution in [0.4, 0.5) is 0 Å². The highest BCUT2D eigenvalue weighted by molar-refractivity contribution is 5.82. The topological polar surface area (TPSA) is 40.1 Å². The minimum Gasteiger partial charge on any atom is -0.545 e. The van der Waals surface area contributed by atoms with Crippen LogP contribution >= 0.6 is 0 Å². The van der Waals surface area contributed by atoms with E-state index in [1.807, 2.05) is 0 Å². The lowest BCUT2D eigenvalue weighted by atomic mass is 9.52. The van der Waals surface area contributed by atoms with Gasteiger partial charge in [-0.3, -0.25) is 0 Å². The molecule has 0 aromatic heterocycles. The van der Waals surface area contributed by atoms with Gasteiger partial charge in [0.2, 0.25) is 0 Å².